The van der Waals surface area contributed by atoms with E-state index in [0.29, 0.717) is 11.6 Å². The van der Waals surface area contributed by atoms with Crippen LogP contribution in [0.25, 0.3) is 0 Å². The average molecular weight is 414 g/mol. The molecule has 1 saturated heterocycles. The largest absolute Gasteiger partial charge is 0.409 e. The summed E-state index contributed by atoms with van der Waals surface area (Å²) in [6, 6.07) is 6.38. The second-order valence-corrected chi connectivity index (χ2v) is 6.12. The molecule has 3 N–H and O–H groups in total. The SMILES string of the molecule is CC(C)N1CCN(c2ccc(C(N)=NO)cc2Br)CC1.Cl.Cl. The monoisotopic (exact) mass is 412 g/mol. The molecule has 1 fully saturated rings. The van der Waals surface area contributed by atoms with Crippen LogP contribution in [0.1, 0.15) is 19.4 Å². The molecule has 0 radical (unpaired) electrons. The lowest BCUT2D eigenvalue weighted by atomic mass is 10.1. The van der Waals surface area contributed by atoms with Gasteiger partial charge in [-0.1, -0.05) is 5.16 Å². The summed E-state index contributed by atoms with van der Waals surface area (Å²) in [5.41, 5.74) is 7.47. The molecule has 126 valence electrons. The van der Waals surface area contributed by atoms with Gasteiger partial charge in [0.05, 0.1) is 5.69 Å². The Hall–Kier alpha value is -0.690. The summed E-state index contributed by atoms with van der Waals surface area (Å²) in [4.78, 5) is 4.84. The van der Waals surface area contributed by atoms with E-state index in [2.05, 4.69) is 44.7 Å². The molecule has 0 atom stereocenters. The zero-order valence-electron chi connectivity index (χ0n) is 12.7. The molecule has 0 spiro atoms. The van der Waals surface area contributed by atoms with Crippen LogP contribution < -0.4 is 10.6 Å². The maximum atomic E-state index is 8.71. The summed E-state index contributed by atoms with van der Waals surface area (Å²) >= 11 is 3.58. The van der Waals surface area contributed by atoms with Gasteiger partial charge in [-0.25, -0.2) is 0 Å². The van der Waals surface area contributed by atoms with Crippen LogP contribution >= 0.6 is 40.7 Å². The fourth-order valence-electron chi connectivity index (χ4n) is 2.46. The van der Waals surface area contributed by atoms with E-state index in [1.807, 2.05) is 18.2 Å². The minimum atomic E-state index is 0. The fraction of sp³-hybridized carbons (Fsp3) is 0.500. The molecule has 8 heteroatoms. The molecule has 22 heavy (non-hydrogen) atoms. The number of oxime groups is 1. The van der Waals surface area contributed by atoms with E-state index in [1.165, 1.54) is 0 Å². The van der Waals surface area contributed by atoms with Gasteiger partial charge in [-0.15, -0.1) is 24.8 Å². The Balaban J connectivity index is 0.00000220. The van der Waals surface area contributed by atoms with Gasteiger partial charge in [0.2, 0.25) is 0 Å². The van der Waals surface area contributed by atoms with E-state index in [1.54, 1.807) is 0 Å². The van der Waals surface area contributed by atoms with E-state index in [4.69, 9.17) is 10.9 Å². The second kappa shape index (κ2) is 9.45. The second-order valence-electron chi connectivity index (χ2n) is 5.27. The van der Waals surface area contributed by atoms with Crippen LogP contribution in [0, 0.1) is 0 Å². The number of anilines is 1. The number of benzene rings is 1. The van der Waals surface area contributed by atoms with Crippen molar-refractivity contribution < 1.29 is 5.21 Å². The number of nitrogens with two attached hydrogens (primary N) is 1. The van der Waals surface area contributed by atoms with E-state index >= 15 is 0 Å². The molecule has 1 heterocycles. The molecule has 0 aromatic heterocycles. The molecule has 0 saturated carbocycles. The van der Waals surface area contributed by atoms with Crippen LogP contribution in [-0.4, -0.2) is 48.2 Å². The van der Waals surface area contributed by atoms with Gasteiger partial charge in [-0.05, 0) is 48.0 Å². The number of hydrogen-bond acceptors (Lipinski definition) is 4. The highest BCUT2D eigenvalue weighted by Crippen LogP contribution is 2.28. The zero-order valence-corrected chi connectivity index (χ0v) is 15.9. The van der Waals surface area contributed by atoms with Gasteiger partial charge >= 0.3 is 0 Å². The van der Waals surface area contributed by atoms with Gasteiger partial charge in [0, 0.05) is 42.3 Å². The Morgan fingerprint density at radius 2 is 1.82 bits per heavy atom. The van der Waals surface area contributed by atoms with E-state index in [9.17, 15) is 0 Å². The average Bonchev–Trinajstić information content (AvgIpc) is 2.46. The van der Waals surface area contributed by atoms with Crippen LogP contribution in [0.15, 0.2) is 27.8 Å². The molecule has 0 unspecified atom stereocenters. The number of amidine groups is 1. The molecule has 1 aromatic rings. The van der Waals surface area contributed by atoms with Gasteiger partial charge in [0.15, 0.2) is 5.84 Å². The maximum Gasteiger partial charge on any atom is 0.170 e. The number of rotatable bonds is 3. The first kappa shape index (κ1) is 21.3. The first-order chi connectivity index (χ1) is 9.52. The quantitative estimate of drug-likeness (QED) is 0.346. The minimum absolute atomic E-state index is 0. The predicted molar refractivity (Wildman–Crippen MR) is 100 cm³/mol. The lowest BCUT2D eigenvalue weighted by molar-refractivity contribution is 0.209. The van der Waals surface area contributed by atoms with Crippen molar-refractivity contribution in [2.24, 2.45) is 10.9 Å². The Morgan fingerprint density at radius 1 is 1.23 bits per heavy atom. The normalized spacial score (nSPS) is 16.2. The number of nitrogens with zero attached hydrogens (tertiary/aromatic N) is 3. The van der Waals surface area contributed by atoms with E-state index in [-0.39, 0.29) is 30.6 Å². The van der Waals surface area contributed by atoms with Crippen molar-refractivity contribution in [1.82, 2.24) is 4.90 Å². The van der Waals surface area contributed by atoms with Gasteiger partial charge in [0.25, 0.3) is 0 Å². The Bertz CT molecular complexity index is 506. The summed E-state index contributed by atoms with van der Waals surface area (Å²) in [5, 5.41) is 11.7. The summed E-state index contributed by atoms with van der Waals surface area (Å²) in [6.07, 6.45) is 0. The maximum absolute atomic E-state index is 8.71. The van der Waals surface area contributed by atoms with Crippen LogP contribution in [0.4, 0.5) is 5.69 Å². The molecule has 1 aliphatic heterocycles. The van der Waals surface area contributed by atoms with E-state index < -0.39 is 0 Å². The van der Waals surface area contributed by atoms with Crippen molar-refractivity contribution in [3.63, 3.8) is 0 Å². The lowest BCUT2D eigenvalue weighted by Crippen LogP contribution is -2.49. The van der Waals surface area contributed by atoms with E-state index in [0.717, 1.165) is 36.3 Å². The summed E-state index contributed by atoms with van der Waals surface area (Å²) < 4.78 is 0.972. The van der Waals surface area contributed by atoms with Crippen LogP contribution in [0.2, 0.25) is 0 Å². The smallest absolute Gasteiger partial charge is 0.170 e. The van der Waals surface area contributed by atoms with Crippen molar-refractivity contribution in [1.29, 1.82) is 0 Å². The lowest BCUT2D eigenvalue weighted by Gasteiger charge is -2.38. The van der Waals surface area contributed by atoms with Crippen molar-refractivity contribution in [3.05, 3.63) is 28.2 Å². The highest BCUT2D eigenvalue weighted by molar-refractivity contribution is 9.10. The first-order valence-electron chi connectivity index (χ1n) is 6.79. The van der Waals surface area contributed by atoms with Crippen LogP contribution in [-0.2, 0) is 0 Å². The van der Waals surface area contributed by atoms with Gasteiger partial charge in [0.1, 0.15) is 0 Å². The van der Waals surface area contributed by atoms with Gasteiger partial charge in [-0.2, -0.15) is 0 Å². The Labute approximate surface area is 152 Å². The standard InChI is InChI=1S/C14H21BrN4O.2ClH/c1-10(2)18-5-7-19(8-6-18)13-4-3-11(9-12(13)15)14(16)17-20;;/h3-4,9-10,20H,5-8H2,1-2H3,(H2,16,17);2*1H. The minimum Gasteiger partial charge on any atom is -0.409 e. The molecule has 0 bridgehead atoms. The van der Waals surface area contributed by atoms with Crippen LogP contribution in [0.3, 0.4) is 0 Å². The molecule has 1 aromatic carbocycles. The Kier molecular flexibility index (Phi) is 9.15. The van der Waals surface area contributed by atoms with Crippen molar-refractivity contribution >= 4 is 52.3 Å². The first-order valence-corrected chi connectivity index (χ1v) is 7.58. The third-order valence-electron chi connectivity index (χ3n) is 3.74. The van der Waals surface area contributed by atoms with Gasteiger partial charge < -0.3 is 15.8 Å². The number of piperazine rings is 1. The third kappa shape index (κ3) is 4.91. The topological polar surface area (TPSA) is 65.1 Å². The van der Waals surface area contributed by atoms with Crippen molar-refractivity contribution in [3.8, 4) is 0 Å². The molecule has 0 aliphatic carbocycles. The Morgan fingerprint density at radius 3 is 2.27 bits per heavy atom. The third-order valence-corrected chi connectivity index (χ3v) is 4.37. The van der Waals surface area contributed by atoms with Crippen molar-refractivity contribution in [2.45, 2.75) is 19.9 Å². The molecule has 1 aliphatic rings. The highest BCUT2D eigenvalue weighted by atomic mass is 79.9. The number of hydrogen-bond donors (Lipinski definition) is 2. The molecule has 5 nitrogen and oxygen atoms in total. The fourth-order valence-corrected chi connectivity index (χ4v) is 3.09. The molecule has 0 amide bonds. The van der Waals surface area contributed by atoms with Gasteiger partial charge in [-0.3, -0.25) is 4.90 Å². The number of halogens is 3. The summed E-state index contributed by atoms with van der Waals surface area (Å²) in [6.45, 7) is 8.65. The molecular formula is C14H23BrCl2N4O. The predicted octanol–water partition coefficient (Wildman–Crippen LogP) is 2.92. The van der Waals surface area contributed by atoms with Crippen molar-refractivity contribution in [2.75, 3.05) is 31.1 Å². The summed E-state index contributed by atoms with van der Waals surface area (Å²) in [5.74, 6) is 0.127. The summed E-state index contributed by atoms with van der Waals surface area (Å²) in [7, 11) is 0. The molecular weight excluding hydrogens is 391 g/mol. The molecule has 2 rings (SSSR count). The zero-order chi connectivity index (χ0) is 14.7. The highest BCUT2D eigenvalue weighted by Gasteiger charge is 2.20. The van der Waals surface area contributed by atoms with Crippen LogP contribution in [0.5, 0.6) is 0 Å².